The van der Waals surface area contributed by atoms with Crippen LogP contribution < -0.4 is 4.74 Å². The molecule has 2 nitrogen and oxygen atoms in total. The summed E-state index contributed by atoms with van der Waals surface area (Å²) in [5.41, 5.74) is 1.37. The number of para-hydroxylation sites is 1. The van der Waals surface area contributed by atoms with E-state index in [0.29, 0.717) is 13.2 Å². The van der Waals surface area contributed by atoms with Crippen LogP contribution in [0.5, 0.6) is 5.75 Å². The van der Waals surface area contributed by atoms with E-state index in [1.165, 1.54) is 5.56 Å². The predicted molar refractivity (Wildman–Crippen MR) is 86.7 cm³/mol. The smallest absolute Gasteiger partial charge is 0.119 e. The van der Waals surface area contributed by atoms with Gasteiger partial charge in [0.1, 0.15) is 12.4 Å². The molecule has 2 heteroatoms. The monoisotopic (exact) mass is 282 g/mol. The van der Waals surface area contributed by atoms with E-state index in [-0.39, 0.29) is 0 Å². The van der Waals surface area contributed by atoms with Crippen molar-refractivity contribution in [3.8, 4) is 5.75 Å². The van der Waals surface area contributed by atoms with Gasteiger partial charge in [0.25, 0.3) is 0 Å². The number of rotatable bonds is 9. The molecular weight excluding hydrogens is 260 g/mol. The predicted octanol–water partition coefficient (Wildman–Crippen LogP) is 4.27. The fraction of sp³-hybridized carbons (Fsp3) is 0.263. The molecule has 0 aliphatic carbocycles. The molecule has 0 aliphatic rings. The minimum atomic E-state index is 0.581. The number of hydrogen-bond donors (Lipinski definition) is 0. The third-order valence-corrected chi connectivity index (χ3v) is 3.07. The van der Waals surface area contributed by atoms with Crippen LogP contribution in [0.25, 0.3) is 0 Å². The van der Waals surface area contributed by atoms with Crippen LogP contribution in [0.15, 0.2) is 72.8 Å². The van der Waals surface area contributed by atoms with Gasteiger partial charge in [-0.1, -0.05) is 54.6 Å². The summed E-state index contributed by atoms with van der Waals surface area (Å²) in [6, 6.07) is 20.3. The van der Waals surface area contributed by atoms with Gasteiger partial charge in [-0.15, -0.1) is 0 Å². The van der Waals surface area contributed by atoms with Crippen LogP contribution in [0.3, 0.4) is 0 Å². The van der Waals surface area contributed by atoms with Crippen molar-refractivity contribution in [2.75, 3.05) is 19.8 Å². The number of benzene rings is 2. The van der Waals surface area contributed by atoms with Gasteiger partial charge in [0.05, 0.1) is 6.61 Å². The van der Waals surface area contributed by atoms with E-state index in [0.717, 1.165) is 25.2 Å². The van der Waals surface area contributed by atoms with Crippen LogP contribution in [-0.4, -0.2) is 19.8 Å². The van der Waals surface area contributed by atoms with Crippen LogP contribution in [0.2, 0.25) is 0 Å². The van der Waals surface area contributed by atoms with E-state index in [4.69, 9.17) is 9.47 Å². The molecule has 0 spiro atoms. The lowest BCUT2D eigenvalue weighted by Crippen LogP contribution is -1.98. The first-order chi connectivity index (χ1) is 10.4. The lowest BCUT2D eigenvalue weighted by Gasteiger charge is -2.03. The molecule has 0 bridgehead atoms. The average molecular weight is 282 g/mol. The SMILES string of the molecule is C(=C/COc1ccccc1)/COCCCc1ccccc1. The molecule has 0 N–H and O–H groups in total. The standard InChI is InChI=1S/C19H22O2/c1-3-10-18(11-4-1)12-9-16-20-15-7-8-17-21-19-13-5-2-6-14-19/h1-8,10-11,13-14H,9,12,15-17H2/b8-7-. The fourth-order valence-electron chi connectivity index (χ4n) is 1.97. The molecule has 2 aromatic carbocycles. The number of hydrogen-bond acceptors (Lipinski definition) is 2. The molecule has 0 saturated carbocycles. The maximum absolute atomic E-state index is 5.57. The van der Waals surface area contributed by atoms with E-state index in [2.05, 4.69) is 24.3 Å². The Morgan fingerprint density at radius 2 is 1.43 bits per heavy atom. The largest absolute Gasteiger partial charge is 0.490 e. The molecule has 0 radical (unpaired) electrons. The zero-order valence-electron chi connectivity index (χ0n) is 12.3. The summed E-state index contributed by atoms with van der Waals surface area (Å²) in [5, 5.41) is 0. The molecule has 0 fully saturated rings. The number of aryl methyl sites for hydroxylation is 1. The van der Waals surface area contributed by atoms with E-state index in [1.54, 1.807) is 0 Å². The molecule has 0 aliphatic heterocycles. The van der Waals surface area contributed by atoms with Crippen molar-refractivity contribution < 1.29 is 9.47 Å². The molecule has 0 amide bonds. The third kappa shape index (κ3) is 6.77. The quantitative estimate of drug-likeness (QED) is 0.505. The highest BCUT2D eigenvalue weighted by atomic mass is 16.5. The Balaban J connectivity index is 1.47. The second kappa shape index (κ2) is 9.78. The van der Waals surface area contributed by atoms with Gasteiger partial charge in [0.2, 0.25) is 0 Å². The molecule has 2 rings (SSSR count). The van der Waals surface area contributed by atoms with Gasteiger partial charge in [0.15, 0.2) is 0 Å². The Morgan fingerprint density at radius 1 is 0.762 bits per heavy atom. The van der Waals surface area contributed by atoms with Crippen molar-refractivity contribution >= 4 is 0 Å². The van der Waals surface area contributed by atoms with Crippen molar-refractivity contribution in [3.05, 3.63) is 78.4 Å². The van der Waals surface area contributed by atoms with Gasteiger partial charge < -0.3 is 9.47 Å². The summed E-state index contributed by atoms with van der Waals surface area (Å²) in [7, 11) is 0. The van der Waals surface area contributed by atoms with Crippen LogP contribution in [0.4, 0.5) is 0 Å². The van der Waals surface area contributed by atoms with Crippen LogP contribution in [-0.2, 0) is 11.2 Å². The molecular formula is C19H22O2. The maximum atomic E-state index is 5.57. The molecule has 0 unspecified atom stereocenters. The molecule has 0 saturated heterocycles. The van der Waals surface area contributed by atoms with Crippen molar-refractivity contribution in [1.82, 2.24) is 0 Å². The average Bonchev–Trinajstić information content (AvgIpc) is 2.55. The van der Waals surface area contributed by atoms with Gasteiger partial charge in [0, 0.05) is 6.61 Å². The molecule has 21 heavy (non-hydrogen) atoms. The minimum absolute atomic E-state index is 0.581. The van der Waals surface area contributed by atoms with E-state index < -0.39 is 0 Å². The third-order valence-electron chi connectivity index (χ3n) is 3.07. The van der Waals surface area contributed by atoms with Crippen molar-refractivity contribution in [2.24, 2.45) is 0 Å². The van der Waals surface area contributed by atoms with E-state index >= 15 is 0 Å². The fourth-order valence-corrected chi connectivity index (χ4v) is 1.97. The second-order valence-electron chi connectivity index (χ2n) is 4.76. The lowest BCUT2D eigenvalue weighted by molar-refractivity contribution is 0.159. The van der Waals surface area contributed by atoms with Crippen LogP contribution in [0, 0.1) is 0 Å². The van der Waals surface area contributed by atoms with Crippen molar-refractivity contribution in [2.45, 2.75) is 12.8 Å². The summed E-state index contributed by atoms with van der Waals surface area (Å²) in [5.74, 6) is 0.894. The van der Waals surface area contributed by atoms with Gasteiger partial charge in [-0.05, 0) is 36.6 Å². The first kappa shape index (κ1) is 15.3. The normalized spacial score (nSPS) is 10.9. The second-order valence-corrected chi connectivity index (χ2v) is 4.76. The minimum Gasteiger partial charge on any atom is -0.490 e. The van der Waals surface area contributed by atoms with Gasteiger partial charge >= 0.3 is 0 Å². The summed E-state index contributed by atoms with van der Waals surface area (Å²) < 4.78 is 11.1. The molecule has 0 heterocycles. The zero-order chi connectivity index (χ0) is 14.6. The molecule has 0 aromatic heterocycles. The van der Waals surface area contributed by atoms with Gasteiger partial charge in [-0.25, -0.2) is 0 Å². The van der Waals surface area contributed by atoms with Gasteiger partial charge in [-0.2, -0.15) is 0 Å². The Bertz CT molecular complexity index is 506. The summed E-state index contributed by atoms with van der Waals surface area (Å²) in [6.07, 6.45) is 6.12. The summed E-state index contributed by atoms with van der Waals surface area (Å²) in [6.45, 7) is 2.02. The summed E-state index contributed by atoms with van der Waals surface area (Å²) >= 11 is 0. The van der Waals surface area contributed by atoms with Gasteiger partial charge in [-0.3, -0.25) is 0 Å². The first-order valence-electron chi connectivity index (χ1n) is 7.39. The van der Waals surface area contributed by atoms with Crippen molar-refractivity contribution in [1.29, 1.82) is 0 Å². The lowest BCUT2D eigenvalue weighted by atomic mass is 10.1. The van der Waals surface area contributed by atoms with E-state index in [9.17, 15) is 0 Å². The Hall–Kier alpha value is -2.06. The highest BCUT2D eigenvalue weighted by Gasteiger charge is 1.92. The number of ether oxygens (including phenoxy) is 2. The maximum Gasteiger partial charge on any atom is 0.119 e. The van der Waals surface area contributed by atoms with Crippen LogP contribution >= 0.6 is 0 Å². The van der Waals surface area contributed by atoms with Crippen molar-refractivity contribution in [3.63, 3.8) is 0 Å². The highest BCUT2D eigenvalue weighted by molar-refractivity contribution is 5.21. The Morgan fingerprint density at radius 3 is 2.19 bits per heavy atom. The summed E-state index contributed by atoms with van der Waals surface area (Å²) in [4.78, 5) is 0. The molecule has 2 aromatic rings. The van der Waals surface area contributed by atoms with E-state index in [1.807, 2.05) is 48.6 Å². The topological polar surface area (TPSA) is 18.5 Å². The van der Waals surface area contributed by atoms with Crippen LogP contribution in [0.1, 0.15) is 12.0 Å². The first-order valence-corrected chi connectivity index (χ1v) is 7.39. The molecule has 110 valence electrons. The Kier molecular flexibility index (Phi) is 7.14. The zero-order valence-corrected chi connectivity index (χ0v) is 12.3. The highest BCUT2D eigenvalue weighted by Crippen LogP contribution is 2.07. The molecule has 0 atom stereocenters. The Labute approximate surface area is 127 Å².